The van der Waals surface area contributed by atoms with Crippen molar-refractivity contribution in [3.8, 4) is 0 Å². The summed E-state index contributed by atoms with van der Waals surface area (Å²) in [5.41, 5.74) is 0.672. The fourth-order valence-electron chi connectivity index (χ4n) is 1.49. The number of nitrogens with one attached hydrogen (secondary N) is 1. The van der Waals surface area contributed by atoms with Crippen LogP contribution in [0.4, 0.5) is 5.69 Å². The van der Waals surface area contributed by atoms with Gasteiger partial charge in [0, 0.05) is 11.3 Å². The van der Waals surface area contributed by atoms with Crippen molar-refractivity contribution in [2.24, 2.45) is 5.92 Å². The summed E-state index contributed by atoms with van der Waals surface area (Å²) in [5.74, 6) is -0.628. The Morgan fingerprint density at radius 3 is 2.47 bits per heavy atom. The number of benzene rings is 1. The minimum Gasteiger partial charge on any atom is -0.480 e. The van der Waals surface area contributed by atoms with Crippen molar-refractivity contribution in [1.82, 2.24) is 0 Å². The molecule has 104 valence electrons. The molecule has 1 rings (SSSR count). The topological polar surface area (TPSA) is 66.4 Å². The van der Waals surface area contributed by atoms with Crippen LogP contribution in [0.3, 0.4) is 0 Å². The minimum absolute atomic E-state index is 0.0500. The number of anilines is 1. The molecule has 1 aromatic carbocycles. The summed E-state index contributed by atoms with van der Waals surface area (Å²) >= 11 is 1.22. The van der Waals surface area contributed by atoms with Gasteiger partial charge in [-0.25, -0.2) is 0 Å². The highest BCUT2D eigenvalue weighted by molar-refractivity contribution is 8.00. The Kier molecular flexibility index (Phi) is 5.89. The Morgan fingerprint density at radius 1 is 1.26 bits per heavy atom. The molecule has 4 nitrogen and oxygen atoms in total. The second-order valence-electron chi connectivity index (χ2n) is 4.74. The molecule has 0 radical (unpaired) electrons. The molecule has 2 N–H and O–H groups in total. The number of thioether (sulfide) groups is 1. The monoisotopic (exact) mass is 281 g/mol. The lowest BCUT2D eigenvalue weighted by Gasteiger charge is -2.13. The van der Waals surface area contributed by atoms with Gasteiger partial charge in [-0.1, -0.05) is 26.0 Å². The molecule has 5 heteroatoms. The lowest BCUT2D eigenvalue weighted by molar-refractivity contribution is -0.136. The van der Waals surface area contributed by atoms with E-state index in [-0.39, 0.29) is 11.8 Å². The molecular formula is C14H19NO3S. The van der Waals surface area contributed by atoms with Crippen molar-refractivity contribution in [3.63, 3.8) is 0 Å². The maximum atomic E-state index is 11.8. The second kappa shape index (κ2) is 7.19. The van der Waals surface area contributed by atoms with Crippen LogP contribution in [0.1, 0.15) is 27.2 Å². The van der Waals surface area contributed by atoms with E-state index in [1.54, 1.807) is 13.0 Å². The zero-order valence-electron chi connectivity index (χ0n) is 11.3. The fourth-order valence-corrected chi connectivity index (χ4v) is 2.37. The summed E-state index contributed by atoms with van der Waals surface area (Å²) in [6, 6.07) is 7.25. The van der Waals surface area contributed by atoms with E-state index >= 15 is 0 Å². The molecule has 0 saturated heterocycles. The summed E-state index contributed by atoms with van der Waals surface area (Å²) in [6.45, 7) is 5.58. The standard InChI is InChI=1S/C14H19NO3S/c1-9(2)8-13(16)15-11-6-4-5-7-12(11)19-10(3)14(17)18/h4-7,9-10H,8H2,1-3H3,(H,15,16)(H,17,18)/t10-/m1/s1. The second-order valence-corrected chi connectivity index (χ2v) is 6.12. The van der Waals surface area contributed by atoms with E-state index in [4.69, 9.17) is 5.11 Å². The molecule has 0 spiro atoms. The average molecular weight is 281 g/mol. The van der Waals surface area contributed by atoms with E-state index < -0.39 is 11.2 Å². The first-order chi connectivity index (χ1) is 8.90. The molecule has 0 heterocycles. The number of carboxylic acid groups (broad SMARTS) is 1. The Hall–Kier alpha value is -1.49. The predicted octanol–water partition coefficient (Wildman–Crippen LogP) is 3.24. The molecule has 1 aromatic rings. The summed E-state index contributed by atoms with van der Waals surface area (Å²) in [4.78, 5) is 23.4. The smallest absolute Gasteiger partial charge is 0.316 e. The average Bonchev–Trinajstić information content (AvgIpc) is 2.30. The number of amides is 1. The third-order valence-electron chi connectivity index (χ3n) is 2.41. The van der Waals surface area contributed by atoms with E-state index in [1.165, 1.54) is 11.8 Å². The van der Waals surface area contributed by atoms with Crippen LogP contribution < -0.4 is 5.32 Å². The highest BCUT2D eigenvalue weighted by Gasteiger charge is 2.15. The van der Waals surface area contributed by atoms with Gasteiger partial charge in [0.15, 0.2) is 0 Å². The van der Waals surface area contributed by atoms with E-state index in [2.05, 4.69) is 5.32 Å². The van der Waals surface area contributed by atoms with Gasteiger partial charge < -0.3 is 10.4 Å². The molecule has 0 saturated carbocycles. The van der Waals surface area contributed by atoms with Gasteiger partial charge in [-0.3, -0.25) is 9.59 Å². The predicted molar refractivity (Wildman–Crippen MR) is 77.5 cm³/mol. The quantitative estimate of drug-likeness (QED) is 0.786. The molecule has 0 bridgehead atoms. The Bertz CT molecular complexity index is 460. The first-order valence-corrected chi connectivity index (χ1v) is 7.06. The molecular weight excluding hydrogens is 262 g/mol. The third-order valence-corrected chi connectivity index (χ3v) is 3.57. The maximum Gasteiger partial charge on any atom is 0.316 e. The Balaban J connectivity index is 2.78. The SMILES string of the molecule is CC(C)CC(=O)Nc1ccccc1S[C@H](C)C(=O)O. The van der Waals surface area contributed by atoms with Crippen LogP contribution in [-0.2, 0) is 9.59 Å². The van der Waals surface area contributed by atoms with Gasteiger partial charge in [0.2, 0.25) is 5.91 Å². The molecule has 1 atom stereocenters. The summed E-state index contributed by atoms with van der Waals surface area (Å²) in [6.07, 6.45) is 0.452. The number of carbonyl (C=O) groups is 2. The lowest BCUT2D eigenvalue weighted by Crippen LogP contribution is -2.15. The third kappa shape index (κ3) is 5.34. The van der Waals surface area contributed by atoms with Crippen molar-refractivity contribution in [1.29, 1.82) is 0 Å². The number of aliphatic carboxylic acids is 1. The normalized spacial score (nSPS) is 12.2. The van der Waals surface area contributed by atoms with Gasteiger partial charge in [0.05, 0.1) is 5.69 Å². The van der Waals surface area contributed by atoms with Crippen LogP contribution in [0.25, 0.3) is 0 Å². The van der Waals surface area contributed by atoms with Crippen molar-refractivity contribution in [2.75, 3.05) is 5.32 Å². The van der Waals surface area contributed by atoms with Crippen molar-refractivity contribution < 1.29 is 14.7 Å². The van der Waals surface area contributed by atoms with Gasteiger partial charge in [0.1, 0.15) is 5.25 Å². The van der Waals surface area contributed by atoms with E-state index in [0.29, 0.717) is 12.1 Å². The van der Waals surface area contributed by atoms with Crippen LogP contribution in [0, 0.1) is 5.92 Å². The lowest BCUT2D eigenvalue weighted by atomic mass is 10.1. The molecule has 1 amide bonds. The minimum atomic E-state index is -0.867. The molecule has 19 heavy (non-hydrogen) atoms. The Morgan fingerprint density at radius 2 is 1.89 bits per heavy atom. The number of hydrogen-bond acceptors (Lipinski definition) is 3. The summed E-state index contributed by atoms with van der Waals surface area (Å²) < 4.78 is 0. The molecule has 0 aliphatic carbocycles. The van der Waals surface area contributed by atoms with Gasteiger partial charge in [-0.05, 0) is 25.0 Å². The highest BCUT2D eigenvalue weighted by Crippen LogP contribution is 2.30. The van der Waals surface area contributed by atoms with Gasteiger partial charge in [-0.15, -0.1) is 11.8 Å². The van der Waals surface area contributed by atoms with Gasteiger partial charge >= 0.3 is 5.97 Å². The fraction of sp³-hybridized carbons (Fsp3) is 0.429. The molecule has 0 aromatic heterocycles. The first-order valence-electron chi connectivity index (χ1n) is 6.18. The van der Waals surface area contributed by atoms with Crippen molar-refractivity contribution in [3.05, 3.63) is 24.3 Å². The highest BCUT2D eigenvalue weighted by atomic mass is 32.2. The van der Waals surface area contributed by atoms with Gasteiger partial charge in [0.25, 0.3) is 0 Å². The van der Waals surface area contributed by atoms with Crippen LogP contribution in [0.15, 0.2) is 29.2 Å². The van der Waals surface area contributed by atoms with Crippen molar-refractivity contribution in [2.45, 2.75) is 37.3 Å². The number of para-hydroxylation sites is 1. The Labute approximate surface area is 117 Å². The molecule has 0 unspecified atom stereocenters. The van der Waals surface area contributed by atoms with Crippen LogP contribution >= 0.6 is 11.8 Å². The van der Waals surface area contributed by atoms with E-state index in [0.717, 1.165) is 4.90 Å². The zero-order chi connectivity index (χ0) is 14.4. The first kappa shape index (κ1) is 15.6. The molecule has 0 aliphatic rings. The van der Waals surface area contributed by atoms with Crippen molar-refractivity contribution >= 4 is 29.3 Å². The van der Waals surface area contributed by atoms with E-state index in [9.17, 15) is 9.59 Å². The van der Waals surface area contributed by atoms with Crippen LogP contribution in [0.2, 0.25) is 0 Å². The number of carbonyl (C=O) groups excluding carboxylic acids is 1. The van der Waals surface area contributed by atoms with Gasteiger partial charge in [-0.2, -0.15) is 0 Å². The summed E-state index contributed by atoms with van der Waals surface area (Å²) in [7, 11) is 0. The van der Waals surface area contributed by atoms with Crippen LogP contribution in [0.5, 0.6) is 0 Å². The zero-order valence-corrected chi connectivity index (χ0v) is 12.2. The summed E-state index contributed by atoms with van der Waals surface area (Å²) in [5, 5.41) is 11.2. The molecule has 0 fully saturated rings. The van der Waals surface area contributed by atoms with E-state index in [1.807, 2.05) is 32.0 Å². The number of hydrogen-bond donors (Lipinski definition) is 2. The van der Waals surface area contributed by atoms with Crippen LogP contribution in [-0.4, -0.2) is 22.2 Å². The maximum absolute atomic E-state index is 11.8. The molecule has 0 aliphatic heterocycles. The largest absolute Gasteiger partial charge is 0.480 e. The number of rotatable bonds is 6. The number of carboxylic acids is 1.